The van der Waals surface area contributed by atoms with E-state index in [1.54, 1.807) is 0 Å². The summed E-state index contributed by atoms with van der Waals surface area (Å²) in [5.41, 5.74) is -0.460. The van der Waals surface area contributed by atoms with Crippen molar-refractivity contribution in [1.82, 2.24) is 10.6 Å². The van der Waals surface area contributed by atoms with E-state index in [4.69, 9.17) is 0 Å². The molecule has 0 saturated carbocycles. The Morgan fingerprint density at radius 1 is 1.42 bits per heavy atom. The van der Waals surface area contributed by atoms with Gasteiger partial charge in [0.15, 0.2) is 0 Å². The van der Waals surface area contributed by atoms with E-state index in [-0.39, 0.29) is 11.6 Å². The highest BCUT2D eigenvalue weighted by Gasteiger charge is 2.40. The standard InChI is InChI=1S/C9H20N2O/c1-7(11-8(2,3)4)9(12)5-10-6-9/h7,10-12H,5-6H2,1-4H3. The third kappa shape index (κ3) is 2.19. The quantitative estimate of drug-likeness (QED) is 0.553. The summed E-state index contributed by atoms with van der Waals surface area (Å²) in [6.45, 7) is 9.78. The Kier molecular flexibility index (Phi) is 2.47. The monoisotopic (exact) mass is 172 g/mol. The highest BCUT2D eigenvalue weighted by Crippen LogP contribution is 2.17. The normalized spacial score (nSPS) is 24.8. The molecular weight excluding hydrogens is 152 g/mol. The van der Waals surface area contributed by atoms with Gasteiger partial charge in [0.2, 0.25) is 0 Å². The van der Waals surface area contributed by atoms with Crippen LogP contribution < -0.4 is 10.6 Å². The van der Waals surface area contributed by atoms with Gasteiger partial charge in [-0.05, 0) is 27.7 Å². The van der Waals surface area contributed by atoms with Crippen LogP contribution in [0.15, 0.2) is 0 Å². The SMILES string of the molecule is CC(NC(C)(C)C)C1(O)CNC1. The lowest BCUT2D eigenvalue weighted by molar-refractivity contribution is -0.0437. The third-order valence-electron chi connectivity index (χ3n) is 2.32. The van der Waals surface area contributed by atoms with E-state index < -0.39 is 5.60 Å². The van der Waals surface area contributed by atoms with E-state index in [0.29, 0.717) is 13.1 Å². The van der Waals surface area contributed by atoms with Crippen molar-refractivity contribution in [3.05, 3.63) is 0 Å². The second-order valence-corrected chi connectivity index (χ2v) is 4.82. The Morgan fingerprint density at radius 3 is 2.17 bits per heavy atom. The van der Waals surface area contributed by atoms with Crippen LogP contribution in [0.25, 0.3) is 0 Å². The molecule has 72 valence electrons. The van der Waals surface area contributed by atoms with Crippen LogP contribution in [0, 0.1) is 0 Å². The van der Waals surface area contributed by atoms with Crippen LogP contribution >= 0.6 is 0 Å². The molecule has 3 N–H and O–H groups in total. The molecule has 0 radical (unpaired) electrons. The van der Waals surface area contributed by atoms with Gasteiger partial charge in [-0.25, -0.2) is 0 Å². The molecule has 0 amide bonds. The minimum Gasteiger partial charge on any atom is -0.386 e. The third-order valence-corrected chi connectivity index (χ3v) is 2.32. The average Bonchev–Trinajstić information content (AvgIpc) is 1.78. The van der Waals surface area contributed by atoms with Crippen molar-refractivity contribution in [1.29, 1.82) is 0 Å². The smallest absolute Gasteiger partial charge is 0.104 e. The van der Waals surface area contributed by atoms with E-state index in [9.17, 15) is 5.11 Å². The second-order valence-electron chi connectivity index (χ2n) is 4.82. The zero-order valence-electron chi connectivity index (χ0n) is 8.44. The fourth-order valence-electron chi connectivity index (χ4n) is 1.47. The van der Waals surface area contributed by atoms with E-state index >= 15 is 0 Å². The summed E-state index contributed by atoms with van der Waals surface area (Å²) in [6.07, 6.45) is 0. The first-order valence-electron chi connectivity index (χ1n) is 4.54. The van der Waals surface area contributed by atoms with Gasteiger partial charge in [0.1, 0.15) is 5.60 Å². The molecule has 12 heavy (non-hydrogen) atoms. The summed E-state index contributed by atoms with van der Waals surface area (Å²) in [7, 11) is 0. The van der Waals surface area contributed by atoms with Gasteiger partial charge in [0, 0.05) is 24.7 Å². The molecule has 1 aliphatic heterocycles. The first kappa shape index (κ1) is 9.96. The largest absolute Gasteiger partial charge is 0.386 e. The molecule has 0 bridgehead atoms. The lowest BCUT2D eigenvalue weighted by Gasteiger charge is -2.45. The molecule has 1 fully saturated rings. The summed E-state index contributed by atoms with van der Waals surface area (Å²) in [5.74, 6) is 0. The molecule has 3 heteroatoms. The molecule has 0 aromatic rings. The number of β-amino-alcohol motifs (C(OH)–C–C–N with tert-alkyl or cyclic N) is 1. The summed E-state index contributed by atoms with van der Waals surface area (Å²) >= 11 is 0. The van der Waals surface area contributed by atoms with Crippen LogP contribution in [-0.2, 0) is 0 Å². The fraction of sp³-hybridized carbons (Fsp3) is 1.00. The van der Waals surface area contributed by atoms with Crippen LogP contribution in [0.1, 0.15) is 27.7 Å². The fourth-order valence-corrected chi connectivity index (χ4v) is 1.47. The maximum Gasteiger partial charge on any atom is 0.104 e. The first-order valence-corrected chi connectivity index (χ1v) is 4.54. The van der Waals surface area contributed by atoms with Crippen molar-refractivity contribution in [2.45, 2.75) is 44.9 Å². The number of hydrogen-bond donors (Lipinski definition) is 3. The summed E-state index contributed by atoms with van der Waals surface area (Å²) in [6, 6.07) is 0.152. The summed E-state index contributed by atoms with van der Waals surface area (Å²) < 4.78 is 0. The van der Waals surface area contributed by atoms with Gasteiger partial charge in [-0.15, -0.1) is 0 Å². The van der Waals surface area contributed by atoms with Crippen LogP contribution in [0.3, 0.4) is 0 Å². The molecule has 1 aliphatic rings. The van der Waals surface area contributed by atoms with Gasteiger partial charge in [-0.2, -0.15) is 0 Å². The second kappa shape index (κ2) is 2.98. The Bertz CT molecular complexity index is 158. The van der Waals surface area contributed by atoms with Crippen molar-refractivity contribution < 1.29 is 5.11 Å². The zero-order valence-corrected chi connectivity index (χ0v) is 8.44. The minimum atomic E-state index is -0.534. The Balaban J connectivity index is 2.42. The molecule has 1 atom stereocenters. The summed E-state index contributed by atoms with van der Waals surface area (Å²) in [5, 5.41) is 16.4. The molecule has 1 saturated heterocycles. The van der Waals surface area contributed by atoms with Crippen molar-refractivity contribution in [3.63, 3.8) is 0 Å². The Labute approximate surface area is 74.5 Å². The van der Waals surface area contributed by atoms with E-state index in [2.05, 4.69) is 31.4 Å². The number of hydrogen-bond acceptors (Lipinski definition) is 3. The molecule has 0 aromatic heterocycles. The first-order chi connectivity index (χ1) is 5.33. The maximum atomic E-state index is 9.92. The maximum absolute atomic E-state index is 9.92. The van der Waals surface area contributed by atoms with Crippen molar-refractivity contribution in [3.8, 4) is 0 Å². The van der Waals surface area contributed by atoms with Gasteiger partial charge in [0.05, 0.1) is 0 Å². The minimum absolute atomic E-state index is 0.0741. The van der Waals surface area contributed by atoms with E-state index in [1.807, 2.05) is 6.92 Å². The van der Waals surface area contributed by atoms with Gasteiger partial charge in [0.25, 0.3) is 0 Å². The molecule has 1 heterocycles. The molecule has 0 spiro atoms. The van der Waals surface area contributed by atoms with Crippen LogP contribution in [0.4, 0.5) is 0 Å². The van der Waals surface area contributed by atoms with Crippen LogP contribution in [-0.4, -0.2) is 35.4 Å². The van der Waals surface area contributed by atoms with E-state index in [1.165, 1.54) is 0 Å². The average molecular weight is 172 g/mol. The van der Waals surface area contributed by atoms with Crippen LogP contribution in [0.2, 0.25) is 0 Å². The van der Waals surface area contributed by atoms with Crippen molar-refractivity contribution in [2.75, 3.05) is 13.1 Å². The Morgan fingerprint density at radius 2 is 1.92 bits per heavy atom. The predicted molar refractivity (Wildman–Crippen MR) is 50.2 cm³/mol. The van der Waals surface area contributed by atoms with Gasteiger partial charge >= 0.3 is 0 Å². The predicted octanol–water partition coefficient (Wildman–Crippen LogP) is 0.0973. The molecule has 0 aliphatic carbocycles. The molecule has 1 unspecified atom stereocenters. The lowest BCUT2D eigenvalue weighted by Crippen LogP contribution is -2.70. The van der Waals surface area contributed by atoms with Gasteiger partial charge in [-0.3, -0.25) is 0 Å². The molecule has 1 rings (SSSR count). The lowest BCUT2D eigenvalue weighted by atomic mass is 9.88. The van der Waals surface area contributed by atoms with Gasteiger partial charge in [-0.1, -0.05) is 0 Å². The molecular formula is C9H20N2O. The zero-order chi connectivity index (χ0) is 9.41. The molecule has 3 nitrogen and oxygen atoms in total. The number of aliphatic hydroxyl groups is 1. The Hall–Kier alpha value is -0.120. The van der Waals surface area contributed by atoms with Crippen LogP contribution in [0.5, 0.6) is 0 Å². The van der Waals surface area contributed by atoms with E-state index in [0.717, 1.165) is 0 Å². The summed E-state index contributed by atoms with van der Waals surface area (Å²) in [4.78, 5) is 0. The number of rotatable bonds is 2. The van der Waals surface area contributed by atoms with Gasteiger partial charge < -0.3 is 15.7 Å². The highest BCUT2D eigenvalue weighted by molar-refractivity contribution is 5.01. The number of nitrogens with one attached hydrogen (secondary N) is 2. The van der Waals surface area contributed by atoms with Crippen molar-refractivity contribution in [2.24, 2.45) is 0 Å². The topological polar surface area (TPSA) is 44.3 Å². The highest BCUT2D eigenvalue weighted by atomic mass is 16.3. The molecule has 0 aromatic carbocycles. The van der Waals surface area contributed by atoms with Crippen molar-refractivity contribution >= 4 is 0 Å².